The van der Waals surface area contributed by atoms with Crippen LogP contribution in [0.2, 0.25) is 5.02 Å². The third-order valence-corrected chi connectivity index (χ3v) is 6.28. The smallest absolute Gasteiger partial charge is 0.291 e. The maximum absolute atomic E-state index is 12.8. The second kappa shape index (κ2) is 8.54. The van der Waals surface area contributed by atoms with Crippen molar-refractivity contribution in [2.45, 2.75) is 23.8 Å². The number of halogens is 1. The van der Waals surface area contributed by atoms with Crippen molar-refractivity contribution in [1.82, 2.24) is 4.72 Å². The number of furan rings is 1. The Labute approximate surface area is 183 Å². The summed E-state index contributed by atoms with van der Waals surface area (Å²) in [5, 5.41) is 5.67. The molecule has 1 fully saturated rings. The Hall–Kier alpha value is -3.14. The van der Waals surface area contributed by atoms with Gasteiger partial charge in [0.1, 0.15) is 0 Å². The number of hydrogen-bond acceptors (Lipinski definition) is 5. The maximum Gasteiger partial charge on any atom is 0.291 e. The van der Waals surface area contributed by atoms with Gasteiger partial charge in [0.05, 0.1) is 22.5 Å². The summed E-state index contributed by atoms with van der Waals surface area (Å²) in [4.78, 5) is 25.1. The molecular weight excluding hydrogens is 442 g/mol. The minimum Gasteiger partial charge on any atom is -0.459 e. The van der Waals surface area contributed by atoms with Crippen LogP contribution in [0.4, 0.5) is 11.4 Å². The minimum atomic E-state index is -3.70. The SMILES string of the molecule is O=C(Nc1ccc(Cl)cc1NC(=O)c1ccco1)c1cccc(S(=O)(=O)NC2CC2)c1. The molecule has 4 rings (SSSR count). The third-order valence-electron chi connectivity index (χ3n) is 4.53. The van der Waals surface area contributed by atoms with Crippen molar-refractivity contribution in [3.8, 4) is 0 Å². The Balaban J connectivity index is 1.55. The molecule has 3 aromatic rings. The van der Waals surface area contributed by atoms with Crippen molar-refractivity contribution in [3.63, 3.8) is 0 Å². The zero-order chi connectivity index (χ0) is 22.0. The first-order valence-electron chi connectivity index (χ1n) is 9.40. The van der Waals surface area contributed by atoms with E-state index in [1.54, 1.807) is 12.1 Å². The molecule has 3 N–H and O–H groups in total. The first-order valence-corrected chi connectivity index (χ1v) is 11.3. The zero-order valence-electron chi connectivity index (χ0n) is 16.1. The summed E-state index contributed by atoms with van der Waals surface area (Å²) in [6.45, 7) is 0. The van der Waals surface area contributed by atoms with Crippen LogP contribution in [0.3, 0.4) is 0 Å². The Morgan fingerprint density at radius 1 is 0.935 bits per heavy atom. The number of nitrogens with one attached hydrogen (secondary N) is 3. The lowest BCUT2D eigenvalue weighted by atomic mass is 10.2. The van der Waals surface area contributed by atoms with Crippen molar-refractivity contribution in [1.29, 1.82) is 0 Å². The van der Waals surface area contributed by atoms with Gasteiger partial charge in [-0.3, -0.25) is 9.59 Å². The van der Waals surface area contributed by atoms with E-state index in [9.17, 15) is 18.0 Å². The first kappa shape index (κ1) is 21.1. The highest BCUT2D eigenvalue weighted by molar-refractivity contribution is 7.89. The zero-order valence-corrected chi connectivity index (χ0v) is 17.7. The largest absolute Gasteiger partial charge is 0.459 e. The van der Waals surface area contributed by atoms with Crippen molar-refractivity contribution >= 4 is 44.8 Å². The average Bonchev–Trinajstić information content (AvgIpc) is 3.36. The maximum atomic E-state index is 12.8. The lowest BCUT2D eigenvalue weighted by Crippen LogP contribution is -2.26. The van der Waals surface area contributed by atoms with E-state index in [4.69, 9.17) is 16.0 Å². The van der Waals surface area contributed by atoms with Gasteiger partial charge in [0.25, 0.3) is 11.8 Å². The van der Waals surface area contributed by atoms with Gasteiger partial charge >= 0.3 is 0 Å². The molecule has 0 radical (unpaired) electrons. The highest BCUT2D eigenvalue weighted by atomic mass is 35.5. The number of hydrogen-bond donors (Lipinski definition) is 3. The number of carbonyl (C=O) groups is 2. The highest BCUT2D eigenvalue weighted by Crippen LogP contribution is 2.27. The van der Waals surface area contributed by atoms with Gasteiger partial charge in [0.2, 0.25) is 10.0 Å². The number of rotatable bonds is 7. The van der Waals surface area contributed by atoms with Gasteiger partial charge < -0.3 is 15.1 Å². The Kier molecular flexibility index (Phi) is 5.81. The van der Waals surface area contributed by atoms with E-state index in [1.807, 2.05) is 0 Å². The van der Waals surface area contributed by atoms with Gasteiger partial charge in [-0.05, 0) is 61.4 Å². The summed E-state index contributed by atoms with van der Waals surface area (Å²) >= 11 is 6.04. The highest BCUT2D eigenvalue weighted by Gasteiger charge is 2.28. The van der Waals surface area contributed by atoms with E-state index >= 15 is 0 Å². The van der Waals surface area contributed by atoms with E-state index < -0.39 is 21.8 Å². The van der Waals surface area contributed by atoms with E-state index in [1.165, 1.54) is 48.7 Å². The molecule has 0 saturated heterocycles. The molecule has 1 aliphatic rings. The Morgan fingerprint density at radius 3 is 2.42 bits per heavy atom. The summed E-state index contributed by atoms with van der Waals surface area (Å²) in [5.74, 6) is -0.959. The Bertz CT molecular complexity index is 1240. The molecule has 0 aliphatic heterocycles. The molecule has 31 heavy (non-hydrogen) atoms. The molecule has 1 heterocycles. The standard InChI is InChI=1S/C21H18ClN3O5S/c22-14-6-9-17(18(12-14)24-21(27)19-5-2-10-30-19)23-20(26)13-3-1-4-16(11-13)31(28,29)25-15-7-8-15/h1-6,9-12,15,25H,7-8H2,(H,23,26)(H,24,27). The van der Waals surface area contributed by atoms with E-state index in [-0.39, 0.29) is 27.9 Å². The van der Waals surface area contributed by atoms with Crippen LogP contribution in [-0.2, 0) is 10.0 Å². The third kappa shape index (κ3) is 5.13. The van der Waals surface area contributed by atoms with Crippen molar-refractivity contribution < 1.29 is 22.4 Å². The quantitative estimate of drug-likeness (QED) is 0.495. The molecule has 1 aliphatic carbocycles. The molecule has 1 saturated carbocycles. The van der Waals surface area contributed by atoms with E-state index in [0.29, 0.717) is 10.7 Å². The molecule has 0 spiro atoms. The summed E-state index contributed by atoms with van der Waals surface area (Å²) < 4.78 is 32.5. The molecule has 2 amide bonds. The number of amides is 2. The van der Waals surface area contributed by atoms with Gasteiger partial charge in [0, 0.05) is 16.6 Å². The molecule has 160 valence electrons. The lowest BCUT2D eigenvalue weighted by molar-refractivity contribution is 0.0993. The van der Waals surface area contributed by atoms with Gasteiger partial charge in [-0.25, -0.2) is 13.1 Å². The number of benzene rings is 2. The molecule has 0 atom stereocenters. The number of sulfonamides is 1. The molecule has 0 unspecified atom stereocenters. The fourth-order valence-electron chi connectivity index (χ4n) is 2.81. The molecule has 2 aromatic carbocycles. The van der Waals surface area contributed by atoms with Crippen LogP contribution in [0.15, 0.2) is 70.2 Å². The average molecular weight is 460 g/mol. The molecule has 10 heteroatoms. The summed E-state index contributed by atoms with van der Waals surface area (Å²) in [6, 6.07) is 13.3. The van der Waals surface area contributed by atoms with Crippen LogP contribution >= 0.6 is 11.6 Å². The van der Waals surface area contributed by atoms with Crippen molar-refractivity contribution in [2.24, 2.45) is 0 Å². The van der Waals surface area contributed by atoms with Crippen LogP contribution in [0, 0.1) is 0 Å². The van der Waals surface area contributed by atoms with Gasteiger partial charge in [-0.1, -0.05) is 17.7 Å². The van der Waals surface area contributed by atoms with Crippen molar-refractivity contribution in [3.05, 3.63) is 77.2 Å². The topological polar surface area (TPSA) is 118 Å². The van der Waals surface area contributed by atoms with E-state index in [2.05, 4.69) is 15.4 Å². The van der Waals surface area contributed by atoms with Crippen LogP contribution in [-0.4, -0.2) is 26.3 Å². The fourth-order valence-corrected chi connectivity index (χ4v) is 4.33. The minimum absolute atomic E-state index is 0.00880. The summed E-state index contributed by atoms with van der Waals surface area (Å²) in [7, 11) is -3.70. The normalized spacial score (nSPS) is 13.6. The molecule has 0 bridgehead atoms. The van der Waals surface area contributed by atoms with Gasteiger partial charge in [0.15, 0.2) is 5.76 Å². The summed E-state index contributed by atoms with van der Waals surface area (Å²) in [5.41, 5.74) is 0.706. The predicted molar refractivity (Wildman–Crippen MR) is 116 cm³/mol. The van der Waals surface area contributed by atoms with Crippen LogP contribution < -0.4 is 15.4 Å². The van der Waals surface area contributed by atoms with E-state index in [0.717, 1.165) is 12.8 Å². The van der Waals surface area contributed by atoms with Crippen LogP contribution in [0.1, 0.15) is 33.8 Å². The predicted octanol–water partition coefficient (Wildman–Crippen LogP) is 3.88. The van der Waals surface area contributed by atoms with Crippen LogP contribution in [0.5, 0.6) is 0 Å². The lowest BCUT2D eigenvalue weighted by Gasteiger charge is -2.13. The number of anilines is 2. The second-order valence-corrected chi connectivity index (χ2v) is 9.15. The Morgan fingerprint density at radius 2 is 1.71 bits per heavy atom. The van der Waals surface area contributed by atoms with Gasteiger partial charge in [-0.15, -0.1) is 0 Å². The second-order valence-electron chi connectivity index (χ2n) is 7.00. The molecule has 1 aromatic heterocycles. The first-order chi connectivity index (χ1) is 14.8. The summed E-state index contributed by atoms with van der Waals surface area (Å²) in [6.07, 6.45) is 2.99. The van der Waals surface area contributed by atoms with Gasteiger partial charge in [-0.2, -0.15) is 0 Å². The van der Waals surface area contributed by atoms with Crippen molar-refractivity contribution in [2.75, 3.05) is 10.6 Å². The molecular formula is C21H18ClN3O5S. The molecule has 8 nitrogen and oxygen atoms in total. The fraction of sp³-hybridized carbons (Fsp3) is 0.143. The number of carbonyl (C=O) groups excluding carboxylic acids is 2. The van der Waals surface area contributed by atoms with Crippen LogP contribution in [0.25, 0.3) is 0 Å². The monoisotopic (exact) mass is 459 g/mol.